The first kappa shape index (κ1) is 16.7. The van der Waals surface area contributed by atoms with Crippen molar-refractivity contribution in [2.75, 3.05) is 7.11 Å². The van der Waals surface area contributed by atoms with Crippen LogP contribution in [-0.4, -0.2) is 27.5 Å². The molecule has 0 saturated heterocycles. The predicted molar refractivity (Wildman–Crippen MR) is 76.8 cm³/mol. The van der Waals surface area contributed by atoms with Gasteiger partial charge in [-0.15, -0.1) is 0 Å². The van der Waals surface area contributed by atoms with Crippen LogP contribution < -0.4 is 4.72 Å². The van der Waals surface area contributed by atoms with Crippen LogP contribution in [0.3, 0.4) is 0 Å². The molecule has 1 unspecified atom stereocenters. The Balaban J connectivity index is 3.00. The molecule has 112 valence electrons. The highest BCUT2D eigenvalue weighted by Gasteiger charge is 2.28. The van der Waals surface area contributed by atoms with Crippen molar-refractivity contribution in [3.63, 3.8) is 0 Å². The Morgan fingerprint density at radius 1 is 1.25 bits per heavy atom. The van der Waals surface area contributed by atoms with E-state index in [0.717, 1.165) is 12.0 Å². The average Bonchev–Trinajstić information content (AvgIpc) is 2.43. The van der Waals surface area contributed by atoms with E-state index in [-0.39, 0.29) is 10.8 Å². The summed E-state index contributed by atoms with van der Waals surface area (Å²) in [5.41, 5.74) is 1.05. The lowest BCUT2D eigenvalue weighted by Gasteiger charge is -2.19. The number of carbonyl (C=O) groups excluding carboxylic acids is 1. The number of rotatable bonds is 6. The fourth-order valence-corrected chi connectivity index (χ4v) is 3.06. The summed E-state index contributed by atoms with van der Waals surface area (Å²) in [6, 6.07) is 5.70. The van der Waals surface area contributed by atoms with E-state index in [1.54, 1.807) is 26.0 Å². The molecule has 1 atom stereocenters. The number of sulfonamides is 1. The number of esters is 1. The Morgan fingerprint density at radius 2 is 1.80 bits per heavy atom. The quantitative estimate of drug-likeness (QED) is 0.812. The minimum absolute atomic E-state index is 0.143. The van der Waals surface area contributed by atoms with Crippen molar-refractivity contribution < 1.29 is 17.9 Å². The number of ether oxygens (including phenoxy) is 1. The highest BCUT2D eigenvalue weighted by atomic mass is 32.2. The van der Waals surface area contributed by atoms with E-state index in [2.05, 4.69) is 9.46 Å². The van der Waals surface area contributed by atoms with Crippen LogP contribution in [0.5, 0.6) is 0 Å². The second-order valence-electron chi connectivity index (χ2n) is 4.86. The first-order valence-electron chi connectivity index (χ1n) is 6.51. The summed E-state index contributed by atoms with van der Waals surface area (Å²) in [5.74, 6) is -0.791. The molecular formula is C14H21NO4S. The van der Waals surface area contributed by atoms with Gasteiger partial charge in [0.25, 0.3) is 0 Å². The molecule has 5 nitrogen and oxygen atoms in total. The second-order valence-corrected chi connectivity index (χ2v) is 6.58. The first-order chi connectivity index (χ1) is 9.31. The Morgan fingerprint density at radius 3 is 2.20 bits per heavy atom. The molecule has 0 bridgehead atoms. The SMILES string of the molecule is CCc1ccc(S(=O)(=O)NC(C(=O)OC)C(C)C)cc1. The van der Waals surface area contributed by atoms with E-state index in [4.69, 9.17) is 0 Å². The van der Waals surface area contributed by atoms with Crippen molar-refractivity contribution >= 4 is 16.0 Å². The van der Waals surface area contributed by atoms with Crippen LogP contribution in [0.2, 0.25) is 0 Å². The third kappa shape index (κ3) is 4.05. The normalized spacial score (nSPS) is 13.2. The number of carbonyl (C=O) groups is 1. The number of benzene rings is 1. The standard InChI is InChI=1S/C14H21NO4S/c1-5-11-6-8-12(9-7-11)20(17,18)15-13(10(2)3)14(16)19-4/h6-10,13,15H,5H2,1-4H3. The van der Waals surface area contributed by atoms with Crippen molar-refractivity contribution in [2.24, 2.45) is 5.92 Å². The van der Waals surface area contributed by atoms with E-state index in [1.807, 2.05) is 6.92 Å². The number of aryl methyl sites for hydroxylation is 1. The van der Waals surface area contributed by atoms with E-state index >= 15 is 0 Å². The Labute approximate surface area is 120 Å². The maximum atomic E-state index is 12.2. The van der Waals surface area contributed by atoms with Crippen molar-refractivity contribution in [3.8, 4) is 0 Å². The molecule has 0 saturated carbocycles. The third-order valence-corrected chi connectivity index (χ3v) is 4.50. The molecule has 20 heavy (non-hydrogen) atoms. The Kier molecular flexibility index (Phi) is 5.71. The molecule has 1 rings (SSSR count). The molecule has 1 aromatic carbocycles. The minimum atomic E-state index is -3.74. The van der Waals surface area contributed by atoms with Gasteiger partial charge in [-0.25, -0.2) is 8.42 Å². The van der Waals surface area contributed by atoms with Crippen molar-refractivity contribution in [2.45, 2.75) is 38.1 Å². The molecule has 0 aliphatic heterocycles. The molecule has 0 aliphatic carbocycles. The zero-order valence-electron chi connectivity index (χ0n) is 12.2. The van der Waals surface area contributed by atoms with Gasteiger partial charge in [0.15, 0.2) is 0 Å². The van der Waals surface area contributed by atoms with Gasteiger partial charge in [-0.05, 0) is 30.0 Å². The molecule has 1 N–H and O–H groups in total. The van der Waals surface area contributed by atoms with E-state index in [9.17, 15) is 13.2 Å². The van der Waals surface area contributed by atoms with Crippen LogP contribution in [0, 0.1) is 5.92 Å². The van der Waals surface area contributed by atoms with Crippen molar-refractivity contribution in [1.82, 2.24) is 4.72 Å². The smallest absolute Gasteiger partial charge is 0.324 e. The van der Waals surface area contributed by atoms with Crippen LogP contribution in [0.25, 0.3) is 0 Å². The minimum Gasteiger partial charge on any atom is -0.468 e. The van der Waals surface area contributed by atoms with Crippen LogP contribution in [-0.2, 0) is 26.0 Å². The zero-order chi connectivity index (χ0) is 15.3. The van der Waals surface area contributed by atoms with Gasteiger partial charge in [-0.2, -0.15) is 4.72 Å². The average molecular weight is 299 g/mol. The summed E-state index contributed by atoms with van der Waals surface area (Å²) >= 11 is 0. The molecule has 0 radical (unpaired) electrons. The van der Waals surface area contributed by atoms with Crippen LogP contribution in [0.1, 0.15) is 26.3 Å². The molecule has 0 amide bonds. The molecular weight excluding hydrogens is 278 g/mol. The largest absolute Gasteiger partial charge is 0.468 e. The summed E-state index contributed by atoms with van der Waals surface area (Å²) in [5, 5.41) is 0. The van der Waals surface area contributed by atoms with Crippen molar-refractivity contribution in [3.05, 3.63) is 29.8 Å². The number of hydrogen-bond donors (Lipinski definition) is 1. The van der Waals surface area contributed by atoms with Gasteiger partial charge in [0.1, 0.15) is 6.04 Å². The van der Waals surface area contributed by atoms with Crippen LogP contribution >= 0.6 is 0 Å². The first-order valence-corrected chi connectivity index (χ1v) is 7.99. The van der Waals surface area contributed by atoms with Crippen LogP contribution in [0.4, 0.5) is 0 Å². The molecule has 6 heteroatoms. The number of methoxy groups -OCH3 is 1. The zero-order valence-corrected chi connectivity index (χ0v) is 13.0. The van der Waals surface area contributed by atoms with Gasteiger partial charge >= 0.3 is 5.97 Å². The third-order valence-electron chi connectivity index (χ3n) is 3.05. The van der Waals surface area contributed by atoms with Gasteiger partial charge < -0.3 is 4.74 Å². The molecule has 0 fully saturated rings. The molecule has 0 spiro atoms. The van der Waals surface area contributed by atoms with E-state index < -0.39 is 22.0 Å². The maximum Gasteiger partial charge on any atom is 0.324 e. The van der Waals surface area contributed by atoms with Gasteiger partial charge in [0.2, 0.25) is 10.0 Å². The Hall–Kier alpha value is -1.40. The van der Waals surface area contributed by atoms with Crippen molar-refractivity contribution in [1.29, 1.82) is 0 Å². The lowest BCUT2D eigenvalue weighted by Crippen LogP contribution is -2.44. The number of hydrogen-bond acceptors (Lipinski definition) is 4. The lowest BCUT2D eigenvalue weighted by atomic mass is 10.1. The molecule has 0 heterocycles. The summed E-state index contributed by atoms with van der Waals surface area (Å²) in [4.78, 5) is 11.8. The van der Waals surface area contributed by atoms with E-state index in [1.165, 1.54) is 19.2 Å². The lowest BCUT2D eigenvalue weighted by molar-refractivity contribution is -0.143. The molecule has 1 aromatic rings. The van der Waals surface area contributed by atoms with Gasteiger partial charge in [0.05, 0.1) is 12.0 Å². The fraction of sp³-hybridized carbons (Fsp3) is 0.500. The summed E-state index contributed by atoms with van der Waals surface area (Å²) in [6.45, 7) is 5.50. The second kappa shape index (κ2) is 6.85. The number of nitrogens with one attached hydrogen (secondary N) is 1. The van der Waals surface area contributed by atoms with E-state index in [0.29, 0.717) is 0 Å². The Bertz CT molecular complexity index is 549. The maximum absolute atomic E-state index is 12.2. The topological polar surface area (TPSA) is 72.5 Å². The van der Waals surface area contributed by atoms with Gasteiger partial charge in [-0.3, -0.25) is 4.79 Å². The summed E-state index contributed by atoms with van der Waals surface area (Å²) < 4.78 is 31.5. The molecule has 0 aromatic heterocycles. The monoisotopic (exact) mass is 299 g/mol. The van der Waals surface area contributed by atoms with Gasteiger partial charge in [-0.1, -0.05) is 32.9 Å². The highest BCUT2D eigenvalue weighted by molar-refractivity contribution is 7.89. The highest BCUT2D eigenvalue weighted by Crippen LogP contribution is 2.14. The fourth-order valence-electron chi connectivity index (χ4n) is 1.72. The van der Waals surface area contributed by atoms with Crippen LogP contribution in [0.15, 0.2) is 29.2 Å². The molecule has 0 aliphatic rings. The van der Waals surface area contributed by atoms with Gasteiger partial charge in [0, 0.05) is 0 Å². The summed E-state index contributed by atoms with van der Waals surface area (Å²) in [7, 11) is -2.50. The summed E-state index contributed by atoms with van der Waals surface area (Å²) in [6.07, 6.45) is 0.838. The predicted octanol–water partition coefficient (Wildman–Crippen LogP) is 1.72.